The van der Waals surface area contributed by atoms with Crippen molar-refractivity contribution in [3.8, 4) is 0 Å². The molecular weight excluding hydrogens is 733 g/mol. The number of ether oxygens (including phenoxy) is 3. The highest BCUT2D eigenvalue weighted by atomic mass is 16.6. The lowest BCUT2D eigenvalue weighted by atomic mass is 10.1. The van der Waals surface area contributed by atoms with E-state index < -0.39 is 6.10 Å². The number of hydrogen-bond donors (Lipinski definition) is 0. The third-order valence-electron chi connectivity index (χ3n) is 10.8. The molecule has 6 heteroatoms. The van der Waals surface area contributed by atoms with Gasteiger partial charge in [-0.1, -0.05) is 191 Å². The second-order valence-electron chi connectivity index (χ2n) is 16.7. The van der Waals surface area contributed by atoms with Crippen molar-refractivity contribution in [2.75, 3.05) is 13.2 Å². The summed E-state index contributed by atoms with van der Waals surface area (Å²) in [5.41, 5.74) is 0. The maximum Gasteiger partial charge on any atom is 0.306 e. The second-order valence-corrected chi connectivity index (χ2v) is 16.7. The maximum atomic E-state index is 12.7. The van der Waals surface area contributed by atoms with Crippen molar-refractivity contribution in [2.45, 2.75) is 258 Å². The third-order valence-corrected chi connectivity index (χ3v) is 10.8. The predicted octanol–water partition coefficient (Wildman–Crippen LogP) is 16.3. The average Bonchev–Trinajstić information content (AvgIpc) is 3.23. The van der Waals surface area contributed by atoms with Crippen molar-refractivity contribution in [3.63, 3.8) is 0 Å². The van der Waals surface area contributed by atoms with E-state index in [4.69, 9.17) is 14.2 Å². The molecule has 1 unspecified atom stereocenters. The summed E-state index contributed by atoms with van der Waals surface area (Å²) in [6, 6.07) is 0. The Balaban J connectivity index is 4.38. The number of carbonyl (C=O) groups excluding carboxylic acids is 3. The first-order valence-corrected chi connectivity index (χ1v) is 25.2. The number of allylic oxidation sites excluding steroid dienone is 8. The Morgan fingerprint density at radius 3 is 1.02 bits per heavy atom. The van der Waals surface area contributed by atoms with E-state index in [1.165, 1.54) is 103 Å². The lowest BCUT2D eigenvalue weighted by molar-refractivity contribution is -0.167. The van der Waals surface area contributed by atoms with Gasteiger partial charge in [0.25, 0.3) is 0 Å². The number of hydrogen-bond acceptors (Lipinski definition) is 6. The minimum Gasteiger partial charge on any atom is -0.462 e. The Morgan fingerprint density at radius 1 is 0.339 bits per heavy atom. The molecule has 0 N–H and O–H groups in total. The summed E-state index contributed by atoms with van der Waals surface area (Å²) in [4.78, 5) is 37.8. The van der Waals surface area contributed by atoms with Gasteiger partial charge in [-0.25, -0.2) is 0 Å². The standard InChI is InChI=1S/C53H94O6/c1-4-7-10-13-16-19-22-24-25-26-27-28-30-31-34-37-40-43-46-52(55)58-49-50(48-57-51(54)45-42-39-36-33-21-18-15-12-9-6-3)59-53(56)47-44-41-38-35-32-29-23-20-17-14-11-8-5-2/h15,18,25-29,32,50H,4-14,16-17,19-24,30-31,33-49H2,1-3H3/b18-15-,26-25-,28-27-,32-29-. The normalized spacial score (nSPS) is 12.4. The Hall–Kier alpha value is -2.63. The fourth-order valence-electron chi connectivity index (χ4n) is 6.94. The summed E-state index contributed by atoms with van der Waals surface area (Å²) in [7, 11) is 0. The summed E-state index contributed by atoms with van der Waals surface area (Å²) in [5, 5.41) is 0. The highest BCUT2D eigenvalue weighted by molar-refractivity contribution is 5.71. The van der Waals surface area contributed by atoms with Crippen LogP contribution >= 0.6 is 0 Å². The van der Waals surface area contributed by atoms with Crippen LogP contribution in [0.2, 0.25) is 0 Å². The molecule has 1 atom stereocenters. The van der Waals surface area contributed by atoms with Crippen molar-refractivity contribution in [1.82, 2.24) is 0 Å². The highest BCUT2D eigenvalue weighted by Gasteiger charge is 2.19. The molecule has 0 saturated carbocycles. The van der Waals surface area contributed by atoms with Gasteiger partial charge in [-0.05, 0) is 89.9 Å². The van der Waals surface area contributed by atoms with Crippen LogP contribution in [0.3, 0.4) is 0 Å². The Labute approximate surface area is 365 Å². The molecule has 59 heavy (non-hydrogen) atoms. The number of carbonyl (C=O) groups is 3. The zero-order chi connectivity index (χ0) is 43.0. The average molecular weight is 827 g/mol. The summed E-state index contributed by atoms with van der Waals surface area (Å²) in [5.74, 6) is -0.931. The van der Waals surface area contributed by atoms with Crippen LogP contribution in [0.5, 0.6) is 0 Å². The quantitative estimate of drug-likeness (QED) is 0.0200. The molecule has 0 saturated heterocycles. The lowest BCUT2D eigenvalue weighted by Gasteiger charge is -2.18. The van der Waals surface area contributed by atoms with Crippen LogP contribution < -0.4 is 0 Å². The molecule has 342 valence electrons. The molecule has 0 aliphatic rings. The largest absolute Gasteiger partial charge is 0.462 e. The predicted molar refractivity (Wildman–Crippen MR) is 252 cm³/mol. The van der Waals surface area contributed by atoms with E-state index in [9.17, 15) is 14.4 Å². The van der Waals surface area contributed by atoms with Gasteiger partial charge in [0.1, 0.15) is 13.2 Å². The van der Waals surface area contributed by atoms with Crippen LogP contribution in [-0.2, 0) is 28.6 Å². The number of rotatable bonds is 45. The lowest BCUT2D eigenvalue weighted by Crippen LogP contribution is -2.30. The van der Waals surface area contributed by atoms with E-state index >= 15 is 0 Å². The molecule has 0 aliphatic heterocycles. The summed E-state index contributed by atoms with van der Waals surface area (Å²) < 4.78 is 16.7. The third kappa shape index (κ3) is 46.3. The zero-order valence-electron chi connectivity index (χ0n) is 39.0. The number of unbranched alkanes of at least 4 members (excludes halogenated alkanes) is 27. The van der Waals surface area contributed by atoms with Crippen LogP contribution in [0.15, 0.2) is 48.6 Å². The van der Waals surface area contributed by atoms with Crippen molar-refractivity contribution >= 4 is 17.9 Å². The van der Waals surface area contributed by atoms with Gasteiger partial charge in [0.15, 0.2) is 6.10 Å². The van der Waals surface area contributed by atoms with Gasteiger partial charge in [0.2, 0.25) is 0 Å². The summed E-state index contributed by atoms with van der Waals surface area (Å²) >= 11 is 0. The van der Waals surface area contributed by atoms with E-state index in [2.05, 4.69) is 69.4 Å². The van der Waals surface area contributed by atoms with Gasteiger partial charge < -0.3 is 14.2 Å². The SMILES string of the molecule is CCCC/C=C\CCCCCCC(=O)OCC(COC(=O)CCCCCCC/C=C\C=C/CCCCCCCCC)OC(=O)CCCCC/C=C\CCCCCCCC. The molecule has 0 aromatic carbocycles. The molecule has 0 spiro atoms. The fourth-order valence-corrected chi connectivity index (χ4v) is 6.94. The Bertz CT molecular complexity index is 1040. The van der Waals surface area contributed by atoms with E-state index in [-0.39, 0.29) is 31.1 Å². The molecule has 0 aromatic rings. The van der Waals surface area contributed by atoms with Gasteiger partial charge in [0, 0.05) is 19.3 Å². The Kier molecular flexibility index (Phi) is 45.9. The number of esters is 3. The first-order chi connectivity index (χ1) is 29.0. The van der Waals surface area contributed by atoms with Crippen LogP contribution in [-0.4, -0.2) is 37.2 Å². The zero-order valence-corrected chi connectivity index (χ0v) is 39.0. The van der Waals surface area contributed by atoms with Crippen molar-refractivity contribution in [3.05, 3.63) is 48.6 Å². The monoisotopic (exact) mass is 827 g/mol. The van der Waals surface area contributed by atoms with Gasteiger partial charge in [-0.3, -0.25) is 14.4 Å². The van der Waals surface area contributed by atoms with Gasteiger partial charge in [-0.15, -0.1) is 0 Å². The molecule has 0 heterocycles. The fraction of sp³-hybridized carbons (Fsp3) is 0.792. The molecule has 0 amide bonds. The van der Waals surface area contributed by atoms with Gasteiger partial charge in [0.05, 0.1) is 0 Å². The van der Waals surface area contributed by atoms with Crippen molar-refractivity contribution < 1.29 is 28.6 Å². The van der Waals surface area contributed by atoms with E-state index in [0.717, 1.165) is 109 Å². The summed E-state index contributed by atoms with van der Waals surface area (Å²) in [6.45, 7) is 6.55. The molecule has 0 aliphatic carbocycles. The van der Waals surface area contributed by atoms with Gasteiger partial charge >= 0.3 is 17.9 Å². The maximum absolute atomic E-state index is 12.7. The van der Waals surface area contributed by atoms with Crippen LogP contribution in [0.1, 0.15) is 252 Å². The Morgan fingerprint density at radius 2 is 0.627 bits per heavy atom. The molecule has 0 rings (SSSR count). The van der Waals surface area contributed by atoms with Crippen molar-refractivity contribution in [2.24, 2.45) is 0 Å². The molecular formula is C53H94O6. The smallest absolute Gasteiger partial charge is 0.306 e. The topological polar surface area (TPSA) is 78.9 Å². The van der Waals surface area contributed by atoms with Crippen LogP contribution in [0.4, 0.5) is 0 Å². The van der Waals surface area contributed by atoms with E-state index in [1.54, 1.807) is 0 Å². The van der Waals surface area contributed by atoms with Crippen LogP contribution in [0.25, 0.3) is 0 Å². The minimum atomic E-state index is -0.789. The molecule has 0 aromatic heterocycles. The molecule has 6 nitrogen and oxygen atoms in total. The van der Waals surface area contributed by atoms with Gasteiger partial charge in [-0.2, -0.15) is 0 Å². The first kappa shape index (κ1) is 56.4. The van der Waals surface area contributed by atoms with Crippen molar-refractivity contribution in [1.29, 1.82) is 0 Å². The first-order valence-electron chi connectivity index (χ1n) is 25.2. The van der Waals surface area contributed by atoms with E-state index in [1.807, 2.05) is 0 Å². The molecule has 0 bridgehead atoms. The molecule has 0 radical (unpaired) electrons. The highest BCUT2D eigenvalue weighted by Crippen LogP contribution is 2.13. The summed E-state index contributed by atoms with van der Waals surface area (Å²) in [6.07, 6.45) is 56.7. The van der Waals surface area contributed by atoms with Crippen LogP contribution in [0, 0.1) is 0 Å². The second kappa shape index (κ2) is 48.0. The minimum absolute atomic E-state index is 0.0900. The molecule has 0 fully saturated rings. The van der Waals surface area contributed by atoms with E-state index in [0.29, 0.717) is 19.3 Å².